The van der Waals surface area contributed by atoms with Crippen LogP contribution in [0.1, 0.15) is 18.4 Å². The van der Waals surface area contributed by atoms with Crippen molar-refractivity contribution < 1.29 is 14.3 Å². The van der Waals surface area contributed by atoms with Crippen molar-refractivity contribution in [2.24, 2.45) is 5.92 Å². The molecule has 214 valence electrons. The zero-order valence-electron chi connectivity index (χ0n) is 23.7. The fraction of sp³-hybridized carbons (Fsp3) is 0.323. The summed E-state index contributed by atoms with van der Waals surface area (Å²) < 4.78 is 12.7. The van der Waals surface area contributed by atoms with E-state index in [0.29, 0.717) is 23.7 Å². The van der Waals surface area contributed by atoms with E-state index in [-0.39, 0.29) is 11.8 Å². The second-order valence-electron chi connectivity index (χ2n) is 10.8. The van der Waals surface area contributed by atoms with Gasteiger partial charge in [-0.3, -0.25) is 4.79 Å². The molecule has 1 aliphatic heterocycles. The van der Waals surface area contributed by atoms with Crippen LogP contribution in [0.2, 0.25) is 0 Å². The predicted molar refractivity (Wildman–Crippen MR) is 161 cm³/mol. The van der Waals surface area contributed by atoms with Gasteiger partial charge in [-0.15, -0.1) is 10.2 Å². The first kappa shape index (κ1) is 26.1. The fourth-order valence-corrected chi connectivity index (χ4v) is 5.33. The molecule has 1 saturated heterocycles. The molecule has 5 heterocycles. The summed E-state index contributed by atoms with van der Waals surface area (Å²) in [5, 5.41) is 17.6. The molecule has 4 aromatic heterocycles. The van der Waals surface area contributed by atoms with Gasteiger partial charge in [0.2, 0.25) is 5.91 Å². The van der Waals surface area contributed by atoms with Crippen molar-refractivity contribution in [2.75, 3.05) is 55.6 Å². The number of carbonyl (C=O) groups excluding carboxylic acids is 1. The molecule has 1 aliphatic carbocycles. The van der Waals surface area contributed by atoms with Crippen molar-refractivity contribution in [3.63, 3.8) is 0 Å². The molecular formula is C31H32N8O3. The molecule has 1 aromatic carbocycles. The molecule has 2 fully saturated rings. The third-order valence-electron chi connectivity index (χ3n) is 7.85. The van der Waals surface area contributed by atoms with Gasteiger partial charge in [0.05, 0.1) is 43.4 Å². The third-order valence-corrected chi connectivity index (χ3v) is 7.85. The van der Waals surface area contributed by atoms with Crippen molar-refractivity contribution in [2.45, 2.75) is 19.4 Å². The van der Waals surface area contributed by atoms with Crippen LogP contribution in [0.4, 0.5) is 17.3 Å². The number of morpholine rings is 1. The third kappa shape index (κ3) is 5.18. The molecule has 1 N–H and O–H groups in total. The van der Waals surface area contributed by atoms with E-state index in [1.807, 2.05) is 59.1 Å². The molecule has 5 aromatic rings. The van der Waals surface area contributed by atoms with Crippen LogP contribution in [0.3, 0.4) is 0 Å². The summed E-state index contributed by atoms with van der Waals surface area (Å²) in [7, 11) is 3.64. The van der Waals surface area contributed by atoms with Crippen LogP contribution >= 0.6 is 0 Å². The minimum atomic E-state index is -0.0144. The smallest absolute Gasteiger partial charge is 0.228 e. The second kappa shape index (κ2) is 10.9. The van der Waals surface area contributed by atoms with Crippen LogP contribution in [-0.2, 0) is 16.1 Å². The summed E-state index contributed by atoms with van der Waals surface area (Å²) >= 11 is 0. The Balaban J connectivity index is 1.27. The van der Waals surface area contributed by atoms with Gasteiger partial charge < -0.3 is 24.6 Å². The molecule has 0 bridgehead atoms. The average Bonchev–Trinajstić information content (AvgIpc) is 3.80. The monoisotopic (exact) mass is 564 g/mol. The molecule has 11 heteroatoms. The molecule has 42 heavy (non-hydrogen) atoms. The Bertz CT molecular complexity index is 1760. The quantitative estimate of drug-likeness (QED) is 0.297. The normalized spacial score (nSPS) is 15.2. The van der Waals surface area contributed by atoms with E-state index in [9.17, 15) is 4.79 Å². The van der Waals surface area contributed by atoms with E-state index in [0.717, 1.165) is 78.3 Å². The summed E-state index contributed by atoms with van der Waals surface area (Å²) in [5.41, 5.74) is 5.41. The predicted octanol–water partition coefficient (Wildman–Crippen LogP) is 4.17. The number of anilines is 3. The Labute approximate surface area is 243 Å². The number of pyridine rings is 2. The second-order valence-corrected chi connectivity index (χ2v) is 10.8. The lowest BCUT2D eigenvalue weighted by Crippen LogP contribution is -2.36. The number of nitrogens with zero attached hydrogens (tertiary/aromatic N) is 7. The maximum atomic E-state index is 12.5. The van der Waals surface area contributed by atoms with Gasteiger partial charge in [-0.1, -0.05) is 12.1 Å². The first-order valence-electron chi connectivity index (χ1n) is 14.2. The molecule has 0 radical (unpaired) electrons. The van der Waals surface area contributed by atoms with Gasteiger partial charge in [0, 0.05) is 49.7 Å². The van der Waals surface area contributed by atoms with Crippen LogP contribution in [0.25, 0.3) is 27.7 Å². The highest BCUT2D eigenvalue weighted by molar-refractivity contribution is 6.02. The van der Waals surface area contributed by atoms with E-state index in [4.69, 9.17) is 19.6 Å². The standard InChI is InChI=1S/C31H32N8O3/c1-37(18-20-3-9-24(41-2)10-4-20)30-29-25(16-28(34-35-29)33-31(40)21-5-6-21)26(17-32-30)27-15-22-7-8-23(19-39(22)36-27)38-11-13-42-14-12-38/h3-4,7-10,15-17,19,21H,5-6,11-14,18H2,1-2H3,(H,33,34,40). The first-order chi connectivity index (χ1) is 20.6. The Morgan fingerprint density at radius 3 is 2.67 bits per heavy atom. The average molecular weight is 565 g/mol. The largest absolute Gasteiger partial charge is 0.497 e. The molecule has 1 saturated carbocycles. The maximum absolute atomic E-state index is 12.5. The lowest BCUT2D eigenvalue weighted by molar-refractivity contribution is -0.117. The molecule has 0 atom stereocenters. The molecular weight excluding hydrogens is 532 g/mol. The number of methoxy groups -OCH3 is 1. The number of fused-ring (bicyclic) bond motifs is 2. The molecule has 1 amide bonds. The zero-order valence-corrected chi connectivity index (χ0v) is 23.7. The van der Waals surface area contributed by atoms with E-state index in [1.165, 1.54) is 0 Å². The molecule has 0 spiro atoms. The fourth-order valence-electron chi connectivity index (χ4n) is 5.33. The van der Waals surface area contributed by atoms with Crippen LogP contribution in [0.15, 0.2) is 60.9 Å². The van der Waals surface area contributed by atoms with Gasteiger partial charge in [0.15, 0.2) is 11.6 Å². The summed E-state index contributed by atoms with van der Waals surface area (Å²) in [5.74, 6) is 1.97. The van der Waals surface area contributed by atoms with Gasteiger partial charge >= 0.3 is 0 Å². The van der Waals surface area contributed by atoms with Crippen LogP contribution < -0.4 is 19.9 Å². The Morgan fingerprint density at radius 1 is 1.10 bits per heavy atom. The van der Waals surface area contributed by atoms with Crippen LogP contribution in [-0.4, -0.2) is 71.2 Å². The van der Waals surface area contributed by atoms with Gasteiger partial charge in [0.25, 0.3) is 0 Å². The SMILES string of the molecule is COc1ccc(CN(C)c2ncc(-c3cc4ccc(N5CCOCC5)cn4n3)c3cc(NC(=O)C4CC4)nnc23)cc1. The number of carbonyl (C=O) groups is 1. The number of hydrogen-bond donors (Lipinski definition) is 1. The number of amides is 1. The number of hydrogen-bond acceptors (Lipinski definition) is 9. The van der Waals surface area contributed by atoms with Gasteiger partial charge in [-0.05, 0) is 54.8 Å². The Hall–Kier alpha value is -4.77. The van der Waals surface area contributed by atoms with Gasteiger partial charge in [-0.2, -0.15) is 5.10 Å². The minimum Gasteiger partial charge on any atom is -0.497 e. The number of nitrogens with one attached hydrogen (secondary N) is 1. The lowest BCUT2D eigenvalue weighted by atomic mass is 10.1. The van der Waals surface area contributed by atoms with Crippen LogP contribution in [0.5, 0.6) is 5.75 Å². The Morgan fingerprint density at radius 2 is 1.90 bits per heavy atom. The number of aromatic nitrogens is 5. The van der Waals surface area contributed by atoms with E-state index < -0.39 is 0 Å². The highest BCUT2D eigenvalue weighted by Crippen LogP contribution is 2.34. The first-order valence-corrected chi connectivity index (χ1v) is 14.2. The molecule has 2 aliphatic rings. The number of rotatable bonds is 8. The molecule has 7 rings (SSSR count). The summed E-state index contributed by atoms with van der Waals surface area (Å²) in [4.78, 5) is 21.7. The number of benzene rings is 1. The summed E-state index contributed by atoms with van der Waals surface area (Å²) in [6, 6.07) is 16.1. The summed E-state index contributed by atoms with van der Waals surface area (Å²) in [6.45, 7) is 3.77. The summed E-state index contributed by atoms with van der Waals surface area (Å²) in [6.07, 6.45) is 5.71. The molecule has 0 unspecified atom stereocenters. The van der Waals surface area contributed by atoms with E-state index in [2.05, 4.69) is 38.7 Å². The lowest BCUT2D eigenvalue weighted by Gasteiger charge is -2.28. The van der Waals surface area contributed by atoms with E-state index in [1.54, 1.807) is 7.11 Å². The topological polar surface area (TPSA) is 110 Å². The minimum absolute atomic E-state index is 0.0144. The van der Waals surface area contributed by atoms with Crippen molar-refractivity contribution in [1.29, 1.82) is 0 Å². The van der Waals surface area contributed by atoms with Crippen molar-refractivity contribution in [3.05, 3.63) is 66.5 Å². The number of ether oxygens (including phenoxy) is 2. The van der Waals surface area contributed by atoms with Crippen molar-refractivity contribution in [3.8, 4) is 17.0 Å². The Kier molecular flexibility index (Phi) is 6.79. The van der Waals surface area contributed by atoms with Gasteiger partial charge in [0.1, 0.15) is 11.3 Å². The van der Waals surface area contributed by atoms with Crippen LogP contribution in [0, 0.1) is 5.92 Å². The van der Waals surface area contributed by atoms with Crippen molar-refractivity contribution in [1.82, 2.24) is 24.8 Å². The van der Waals surface area contributed by atoms with E-state index >= 15 is 0 Å². The highest BCUT2D eigenvalue weighted by atomic mass is 16.5. The highest BCUT2D eigenvalue weighted by Gasteiger charge is 2.30. The van der Waals surface area contributed by atoms with Gasteiger partial charge in [-0.25, -0.2) is 9.50 Å². The van der Waals surface area contributed by atoms with Crippen molar-refractivity contribution >= 4 is 39.6 Å². The molecule has 11 nitrogen and oxygen atoms in total. The zero-order chi connectivity index (χ0) is 28.6. The maximum Gasteiger partial charge on any atom is 0.228 e.